The van der Waals surface area contributed by atoms with E-state index in [9.17, 15) is 18.8 Å². The Morgan fingerprint density at radius 2 is 1.96 bits per heavy atom. The summed E-state index contributed by atoms with van der Waals surface area (Å²) in [6.45, 7) is 4.72. The summed E-state index contributed by atoms with van der Waals surface area (Å²) >= 11 is 0. The maximum absolute atomic E-state index is 13.5. The minimum absolute atomic E-state index is 0.0709. The van der Waals surface area contributed by atoms with Crippen molar-refractivity contribution < 1.29 is 27.9 Å². The van der Waals surface area contributed by atoms with Crippen molar-refractivity contribution in [2.24, 2.45) is 5.92 Å². The molecule has 1 atom stereocenters. The quantitative estimate of drug-likeness (QED) is 0.675. The third-order valence-electron chi connectivity index (χ3n) is 4.02. The van der Waals surface area contributed by atoms with Gasteiger partial charge in [-0.3, -0.25) is 9.59 Å². The van der Waals surface area contributed by atoms with Crippen LogP contribution in [0.1, 0.15) is 35.5 Å². The molecule has 0 aliphatic carbocycles. The Balaban J connectivity index is 1.83. The van der Waals surface area contributed by atoms with Gasteiger partial charge >= 0.3 is 5.97 Å². The molecule has 2 N–H and O–H groups in total. The van der Waals surface area contributed by atoms with E-state index in [2.05, 4.69) is 10.6 Å². The molecule has 0 fully saturated rings. The maximum Gasteiger partial charge on any atom is 0.329 e. The molecule has 1 heterocycles. The zero-order valence-corrected chi connectivity index (χ0v) is 16.0. The normalized spacial score (nSPS) is 11.8. The van der Waals surface area contributed by atoms with Gasteiger partial charge in [-0.1, -0.05) is 26.0 Å². The highest BCUT2D eigenvalue weighted by atomic mass is 19.1. The first-order valence-electron chi connectivity index (χ1n) is 8.80. The van der Waals surface area contributed by atoms with Crippen molar-refractivity contribution in [3.8, 4) is 0 Å². The van der Waals surface area contributed by atoms with Gasteiger partial charge in [-0.05, 0) is 42.2 Å². The van der Waals surface area contributed by atoms with Crippen LogP contribution in [-0.4, -0.2) is 30.4 Å². The highest BCUT2D eigenvalue weighted by Crippen LogP contribution is 2.09. The Labute approximate surface area is 162 Å². The van der Waals surface area contributed by atoms with Gasteiger partial charge < -0.3 is 19.8 Å². The van der Waals surface area contributed by atoms with Gasteiger partial charge in [0.1, 0.15) is 11.9 Å². The number of nitrogens with one attached hydrogen (secondary N) is 2. The van der Waals surface area contributed by atoms with Crippen LogP contribution in [-0.2, 0) is 20.9 Å². The molecule has 1 aromatic carbocycles. The van der Waals surface area contributed by atoms with Crippen LogP contribution in [0, 0.1) is 18.7 Å². The second-order valence-corrected chi connectivity index (χ2v) is 6.64. The number of hydrogen-bond donors (Lipinski definition) is 2. The standard InChI is InChI=1S/C20H23FN2O5/c1-12(2)18(23-19(25)16-5-4-8-27-16)20(26)28-11-17(24)22-10-14-7-6-13(3)15(21)9-14/h4-9,12,18H,10-11H2,1-3H3,(H,22,24)(H,23,25)/t18-/m0/s1. The van der Waals surface area contributed by atoms with Gasteiger partial charge in [0.15, 0.2) is 12.4 Å². The van der Waals surface area contributed by atoms with E-state index < -0.39 is 30.4 Å². The van der Waals surface area contributed by atoms with E-state index in [0.717, 1.165) is 0 Å². The zero-order chi connectivity index (χ0) is 20.7. The summed E-state index contributed by atoms with van der Waals surface area (Å²) in [6, 6.07) is 6.74. The summed E-state index contributed by atoms with van der Waals surface area (Å²) in [7, 11) is 0. The van der Waals surface area contributed by atoms with E-state index in [1.807, 2.05) is 0 Å². The fourth-order valence-electron chi connectivity index (χ4n) is 2.34. The molecule has 1 aromatic heterocycles. The highest BCUT2D eigenvalue weighted by Gasteiger charge is 2.27. The van der Waals surface area contributed by atoms with E-state index >= 15 is 0 Å². The first kappa shape index (κ1) is 21.1. The van der Waals surface area contributed by atoms with E-state index in [4.69, 9.17) is 9.15 Å². The second-order valence-electron chi connectivity index (χ2n) is 6.64. The van der Waals surface area contributed by atoms with E-state index in [1.165, 1.54) is 18.4 Å². The first-order valence-corrected chi connectivity index (χ1v) is 8.80. The summed E-state index contributed by atoms with van der Waals surface area (Å²) in [6.07, 6.45) is 1.35. The number of halogens is 1. The molecule has 0 aliphatic heterocycles. The van der Waals surface area contributed by atoms with Gasteiger partial charge in [0.25, 0.3) is 11.8 Å². The molecule has 0 aliphatic rings. The van der Waals surface area contributed by atoms with Crippen LogP contribution in [0.5, 0.6) is 0 Å². The van der Waals surface area contributed by atoms with Gasteiger partial charge in [0, 0.05) is 6.54 Å². The Bertz CT molecular complexity index is 833. The lowest BCUT2D eigenvalue weighted by Crippen LogP contribution is -2.46. The molecule has 0 spiro atoms. The SMILES string of the molecule is Cc1ccc(CNC(=O)COC(=O)[C@@H](NC(=O)c2ccco2)C(C)C)cc1F. The number of carbonyl (C=O) groups excluding carboxylic acids is 3. The Hall–Kier alpha value is -3.16. The van der Waals surface area contributed by atoms with Crippen LogP contribution in [0.4, 0.5) is 4.39 Å². The molecule has 0 bridgehead atoms. The molecule has 8 heteroatoms. The highest BCUT2D eigenvalue weighted by molar-refractivity contribution is 5.94. The van der Waals surface area contributed by atoms with Gasteiger partial charge in [-0.2, -0.15) is 0 Å². The van der Waals surface area contributed by atoms with E-state index in [-0.39, 0.29) is 24.0 Å². The van der Waals surface area contributed by atoms with Gasteiger partial charge in [-0.15, -0.1) is 0 Å². The fraction of sp³-hybridized carbons (Fsp3) is 0.350. The molecule has 0 saturated carbocycles. The Kier molecular flexibility index (Phi) is 7.31. The Morgan fingerprint density at radius 3 is 2.57 bits per heavy atom. The number of esters is 1. The van der Waals surface area contributed by atoms with Crippen LogP contribution >= 0.6 is 0 Å². The summed E-state index contributed by atoms with van der Waals surface area (Å²) in [5.74, 6) is -2.36. The Morgan fingerprint density at radius 1 is 1.21 bits per heavy atom. The van der Waals surface area contributed by atoms with Crippen molar-refractivity contribution in [2.75, 3.05) is 6.61 Å². The van der Waals surface area contributed by atoms with Crippen molar-refractivity contribution >= 4 is 17.8 Å². The van der Waals surface area contributed by atoms with Gasteiger partial charge in [0.05, 0.1) is 6.26 Å². The average molecular weight is 390 g/mol. The molecule has 28 heavy (non-hydrogen) atoms. The monoisotopic (exact) mass is 390 g/mol. The van der Waals surface area contributed by atoms with Crippen molar-refractivity contribution in [1.29, 1.82) is 0 Å². The molecular weight excluding hydrogens is 367 g/mol. The second kappa shape index (κ2) is 9.68. The number of amides is 2. The number of rotatable bonds is 8. The minimum atomic E-state index is -0.934. The number of carbonyl (C=O) groups is 3. The lowest BCUT2D eigenvalue weighted by Gasteiger charge is -2.20. The van der Waals surface area contributed by atoms with Crippen LogP contribution in [0.25, 0.3) is 0 Å². The molecule has 0 saturated heterocycles. The minimum Gasteiger partial charge on any atom is -0.459 e. The van der Waals surface area contributed by atoms with Crippen LogP contribution in [0.2, 0.25) is 0 Å². The third kappa shape index (κ3) is 5.94. The van der Waals surface area contributed by atoms with Crippen molar-refractivity contribution in [2.45, 2.75) is 33.4 Å². The van der Waals surface area contributed by atoms with Crippen molar-refractivity contribution in [1.82, 2.24) is 10.6 Å². The summed E-state index contributed by atoms with van der Waals surface area (Å²) < 4.78 is 23.5. The summed E-state index contributed by atoms with van der Waals surface area (Å²) in [5.41, 5.74) is 1.11. The molecule has 2 amide bonds. The zero-order valence-electron chi connectivity index (χ0n) is 16.0. The number of hydrogen-bond acceptors (Lipinski definition) is 5. The molecule has 2 aromatic rings. The van der Waals surface area contributed by atoms with Crippen molar-refractivity contribution in [3.63, 3.8) is 0 Å². The maximum atomic E-state index is 13.5. The molecular formula is C20H23FN2O5. The van der Waals surface area contributed by atoms with Crippen LogP contribution in [0.3, 0.4) is 0 Å². The van der Waals surface area contributed by atoms with Crippen LogP contribution < -0.4 is 10.6 Å². The molecule has 0 radical (unpaired) electrons. The predicted molar refractivity (Wildman–Crippen MR) is 98.7 cm³/mol. The summed E-state index contributed by atoms with van der Waals surface area (Å²) in [4.78, 5) is 36.2. The number of benzene rings is 1. The average Bonchev–Trinajstić information content (AvgIpc) is 3.19. The van der Waals surface area contributed by atoms with Gasteiger partial charge in [0.2, 0.25) is 0 Å². The largest absolute Gasteiger partial charge is 0.459 e. The lowest BCUT2D eigenvalue weighted by molar-refractivity contribution is -0.151. The van der Waals surface area contributed by atoms with E-state index in [0.29, 0.717) is 11.1 Å². The molecule has 150 valence electrons. The smallest absolute Gasteiger partial charge is 0.329 e. The summed E-state index contributed by atoms with van der Waals surface area (Å²) in [5, 5.41) is 5.08. The fourth-order valence-corrected chi connectivity index (χ4v) is 2.34. The molecule has 7 nitrogen and oxygen atoms in total. The lowest BCUT2D eigenvalue weighted by atomic mass is 10.0. The topological polar surface area (TPSA) is 97.6 Å². The predicted octanol–water partition coefficient (Wildman–Crippen LogP) is 2.34. The van der Waals surface area contributed by atoms with Gasteiger partial charge in [-0.25, -0.2) is 9.18 Å². The van der Waals surface area contributed by atoms with Crippen molar-refractivity contribution in [3.05, 3.63) is 59.3 Å². The molecule has 2 rings (SSSR count). The molecule has 0 unspecified atom stereocenters. The van der Waals surface area contributed by atoms with E-state index in [1.54, 1.807) is 39.0 Å². The number of ether oxygens (including phenoxy) is 1. The number of furan rings is 1. The first-order chi connectivity index (χ1) is 13.3. The number of aryl methyl sites for hydroxylation is 1. The van der Waals surface area contributed by atoms with Crippen LogP contribution in [0.15, 0.2) is 41.0 Å². The third-order valence-corrected chi connectivity index (χ3v) is 4.02.